The Bertz CT molecular complexity index is 1370. The number of carbonyl (C=O) groups is 1. The molecule has 5 rings (SSSR count). The minimum atomic E-state index is -3.74. The lowest BCUT2D eigenvalue weighted by Crippen LogP contribution is -2.44. The maximum Gasteiger partial charge on any atom is 0.240 e. The molecular formula is C25H29ClN6O4S. The summed E-state index contributed by atoms with van der Waals surface area (Å²) in [5.41, 5.74) is 3.40. The van der Waals surface area contributed by atoms with Gasteiger partial charge in [-0.1, -0.05) is 47.1 Å². The van der Waals surface area contributed by atoms with Crippen molar-refractivity contribution in [2.75, 3.05) is 18.4 Å². The third-order valence-corrected chi connectivity index (χ3v) is 8.52. The van der Waals surface area contributed by atoms with Crippen LogP contribution in [0.1, 0.15) is 42.8 Å². The Morgan fingerprint density at radius 3 is 2.62 bits per heavy atom. The second kappa shape index (κ2) is 10.9. The molecule has 37 heavy (non-hydrogen) atoms. The first-order valence-electron chi connectivity index (χ1n) is 12.2. The average molecular weight is 545 g/mol. The van der Waals surface area contributed by atoms with Crippen LogP contribution in [-0.2, 0) is 39.3 Å². The van der Waals surface area contributed by atoms with Crippen LogP contribution in [0, 0.1) is 0 Å². The van der Waals surface area contributed by atoms with Gasteiger partial charge in [0.1, 0.15) is 11.8 Å². The number of piperidine rings is 1. The fourth-order valence-electron chi connectivity index (χ4n) is 4.72. The Hall–Kier alpha value is -2.83. The third kappa shape index (κ3) is 6.02. The molecule has 196 valence electrons. The molecule has 1 atom stereocenters. The summed E-state index contributed by atoms with van der Waals surface area (Å²) < 4.78 is 36.6. The van der Waals surface area contributed by atoms with E-state index in [2.05, 4.69) is 37.4 Å². The molecule has 0 bridgehead atoms. The fraction of sp³-hybridized carbons (Fsp3) is 0.400. The predicted molar refractivity (Wildman–Crippen MR) is 138 cm³/mol. The summed E-state index contributed by atoms with van der Waals surface area (Å²) in [6.07, 6.45) is 1.31. The Kier molecular flexibility index (Phi) is 7.59. The Labute approximate surface area is 221 Å². The molecule has 0 spiro atoms. The van der Waals surface area contributed by atoms with E-state index in [1.54, 1.807) is 0 Å². The van der Waals surface area contributed by atoms with Crippen LogP contribution in [0.4, 0.5) is 5.69 Å². The quantitative estimate of drug-likeness (QED) is 0.469. The normalized spacial score (nSPS) is 18.9. The second-order valence-electron chi connectivity index (χ2n) is 9.37. The zero-order valence-electron chi connectivity index (χ0n) is 20.4. The standard InChI is InChI=1S/C25H29ClN6O4S/c1-17(33)27-22-8-7-20(13-21(22)26)37(34,35)29-19-9-11-31(12-10-19)14-23-24-16-36-25(15-32(24)30-28-23)18-5-3-2-4-6-18/h2-8,13,19,25,29H,9-12,14-16H2,1H3,(H,27,33)/t25-/m0/s1. The number of aromatic nitrogens is 3. The first kappa shape index (κ1) is 25.8. The lowest BCUT2D eigenvalue weighted by Gasteiger charge is -2.32. The molecule has 0 radical (unpaired) electrons. The second-order valence-corrected chi connectivity index (χ2v) is 11.5. The summed E-state index contributed by atoms with van der Waals surface area (Å²) in [7, 11) is -3.74. The van der Waals surface area contributed by atoms with Crippen molar-refractivity contribution in [2.24, 2.45) is 0 Å². The van der Waals surface area contributed by atoms with E-state index in [0.29, 0.717) is 38.2 Å². The van der Waals surface area contributed by atoms with E-state index in [9.17, 15) is 13.2 Å². The minimum Gasteiger partial charge on any atom is -0.365 e. The van der Waals surface area contributed by atoms with Crippen molar-refractivity contribution in [1.82, 2.24) is 24.6 Å². The molecule has 2 aromatic carbocycles. The van der Waals surface area contributed by atoms with Crippen LogP contribution in [0.5, 0.6) is 0 Å². The average Bonchev–Trinajstić information content (AvgIpc) is 3.28. The topological polar surface area (TPSA) is 118 Å². The van der Waals surface area contributed by atoms with Crippen LogP contribution in [0.3, 0.4) is 0 Å². The monoisotopic (exact) mass is 544 g/mol. The molecule has 10 nitrogen and oxygen atoms in total. The number of amides is 1. The van der Waals surface area contributed by atoms with E-state index in [1.807, 2.05) is 22.9 Å². The number of fused-ring (bicyclic) bond motifs is 1. The van der Waals surface area contributed by atoms with E-state index in [1.165, 1.54) is 25.1 Å². The SMILES string of the molecule is CC(=O)Nc1ccc(S(=O)(=O)NC2CCN(Cc3nnn4c3CO[C@H](c3ccccc3)C4)CC2)cc1Cl. The maximum absolute atomic E-state index is 12.9. The van der Waals surface area contributed by atoms with Crippen molar-refractivity contribution in [2.45, 2.75) is 56.5 Å². The predicted octanol–water partition coefficient (Wildman–Crippen LogP) is 3.10. The van der Waals surface area contributed by atoms with E-state index < -0.39 is 10.0 Å². The number of carbonyl (C=O) groups excluding carboxylic acids is 1. The van der Waals surface area contributed by atoms with Gasteiger partial charge in [0, 0.05) is 32.6 Å². The van der Waals surface area contributed by atoms with E-state index >= 15 is 0 Å². The summed E-state index contributed by atoms with van der Waals surface area (Å²) in [6, 6.07) is 14.2. The molecule has 3 aromatic rings. The van der Waals surface area contributed by atoms with Gasteiger partial charge in [-0.3, -0.25) is 9.69 Å². The number of sulfonamides is 1. The first-order valence-corrected chi connectivity index (χ1v) is 14.0. The number of nitrogens with zero attached hydrogens (tertiary/aromatic N) is 4. The van der Waals surface area contributed by atoms with Crippen LogP contribution in [0.2, 0.25) is 5.02 Å². The van der Waals surface area contributed by atoms with Gasteiger partial charge < -0.3 is 10.1 Å². The van der Waals surface area contributed by atoms with Gasteiger partial charge in [-0.05, 0) is 36.6 Å². The third-order valence-electron chi connectivity index (χ3n) is 6.69. The molecule has 1 amide bonds. The first-order chi connectivity index (χ1) is 17.8. The molecule has 2 aliphatic heterocycles. The molecule has 0 saturated carbocycles. The molecule has 12 heteroatoms. The number of rotatable bonds is 7. The van der Waals surface area contributed by atoms with Gasteiger partial charge in [-0.2, -0.15) is 0 Å². The van der Waals surface area contributed by atoms with Gasteiger partial charge in [0.2, 0.25) is 15.9 Å². The van der Waals surface area contributed by atoms with Gasteiger partial charge in [-0.15, -0.1) is 5.10 Å². The van der Waals surface area contributed by atoms with E-state index in [4.69, 9.17) is 16.3 Å². The summed E-state index contributed by atoms with van der Waals surface area (Å²) in [5, 5.41) is 11.5. The van der Waals surface area contributed by atoms with Crippen molar-refractivity contribution < 1.29 is 17.9 Å². The van der Waals surface area contributed by atoms with Crippen LogP contribution >= 0.6 is 11.6 Å². The van der Waals surface area contributed by atoms with E-state index in [0.717, 1.165) is 30.0 Å². The highest BCUT2D eigenvalue weighted by Crippen LogP contribution is 2.28. The zero-order chi connectivity index (χ0) is 26.0. The molecule has 0 aliphatic carbocycles. The van der Waals surface area contributed by atoms with Gasteiger partial charge in [0.05, 0.1) is 34.5 Å². The van der Waals surface area contributed by atoms with Gasteiger partial charge in [-0.25, -0.2) is 17.8 Å². The molecule has 3 heterocycles. The number of nitrogens with one attached hydrogen (secondary N) is 2. The summed E-state index contributed by atoms with van der Waals surface area (Å²) in [6.45, 7) is 4.56. The molecule has 1 fully saturated rings. The van der Waals surface area contributed by atoms with Gasteiger partial charge in [0.15, 0.2) is 0 Å². The van der Waals surface area contributed by atoms with Crippen molar-refractivity contribution in [3.05, 3.63) is 70.5 Å². The van der Waals surface area contributed by atoms with Crippen LogP contribution in [-0.4, -0.2) is 53.4 Å². The van der Waals surface area contributed by atoms with Crippen LogP contribution in [0.25, 0.3) is 0 Å². The van der Waals surface area contributed by atoms with Gasteiger partial charge >= 0.3 is 0 Å². The van der Waals surface area contributed by atoms with Crippen molar-refractivity contribution in [1.29, 1.82) is 0 Å². The van der Waals surface area contributed by atoms with Crippen LogP contribution < -0.4 is 10.0 Å². The summed E-state index contributed by atoms with van der Waals surface area (Å²) in [4.78, 5) is 13.6. The van der Waals surface area contributed by atoms with Crippen molar-refractivity contribution in [3.8, 4) is 0 Å². The Morgan fingerprint density at radius 2 is 1.92 bits per heavy atom. The van der Waals surface area contributed by atoms with Crippen molar-refractivity contribution >= 4 is 33.2 Å². The number of likely N-dealkylation sites (tertiary alicyclic amines) is 1. The number of hydrogen-bond donors (Lipinski definition) is 2. The van der Waals surface area contributed by atoms with Crippen LogP contribution in [0.15, 0.2) is 53.4 Å². The maximum atomic E-state index is 12.9. The molecule has 2 aliphatic rings. The summed E-state index contributed by atoms with van der Waals surface area (Å²) in [5.74, 6) is -0.280. The number of ether oxygens (including phenoxy) is 1. The highest BCUT2D eigenvalue weighted by atomic mass is 35.5. The lowest BCUT2D eigenvalue weighted by atomic mass is 10.1. The van der Waals surface area contributed by atoms with Crippen molar-refractivity contribution in [3.63, 3.8) is 0 Å². The molecule has 2 N–H and O–H groups in total. The lowest BCUT2D eigenvalue weighted by molar-refractivity contribution is -0.114. The fourth-order valence-corrected chi connectivity index (χ4v) is 6.34. The smallest absolute Gasteiger partial charge is 0.240 e. The summed E-state index contributed by atoms with van der Waals surface area (Å²) >= 11 is 6.16. The Balaban J connectivity index is 1.15. The number of hydrogen-bond acceptors (Lipinski definition) is 7. The molecule has 0 unspecified atom stereocenters. The molecule has 1 saturated heterocycles. The van der Waals surface area contributed by atoms with E-state index in [-0.39, 0.29) is 28.0 Å². The highest BCUT2D eigenvalue weighted by molar-refractivity contribution is 7.89. The zero-order valence-corrected chi connectivity index (χ0v) is 22.0. The highest BCUT2D eigenvalue weighted by Gasteiger charge is 2.28. The molecular weight excluding hydrogens is 516 g/mol. The Morgan fingerprint density at radius 1 is 1.16 bits per heavy atom. The number of halogens is 1. The molecule has 1 aromatic heterocycles. The van der Waals surface area contributed by atoms with Gasteiger partial charge in [0.25, 0.3) is 0 Å². The minimum absolute atomic E-state index is 0.0384. The number of anilines is 1. The largest absolute Gasteiger partial charge is 0.365 e. The number of benzene rings is 2.